The summed E-state index contributed by atoms with van der Waals surface area (Å²) in [6.07, 6.45) is 3.69. The van der Waals surface area contributed by atoms with E-state index in [1.807, 2.05) is 0 Å². The van der Waals surface area contributed by atoms with Crippen molar-refractivity contribution < 1.29 is 0 Å². The van der Waals surface area contributed by atoms with E-state index >= 15 is 0 Å². The van der Waals surface area contributed by atoms with E-state index in [1.54, 1.807) is 0 Å². The average molecular weight is 348 g/mol. The Hall–Kier alpha value is -1.13. The Bertz CT molecular complexity index is 633. The fraction of sp³-hybridized carbons (Fsp3) is 0.471. The fourth-order valence-electron chi connectivity index (χ4n) is 3.22. The Morgan fingerprint density at radius 1 is 1.38 bits per heavy atom. The van der Waals surface area contributed by atoms with Gasteiger partial charge in [0.25, 0.3) is 0 Å². The third kappa shape index (κ3) is 2.92. The summed E-state index contributed by atoms with van der Waals surface area (Å²) in [5.74, 6) is 0. The summed E-state index contributed by atoms with van der Waals surface area (Å²) in [5.41, 5.74) is 5.29. The molecule has 0 fully saturated rings. The van der Waals surface area contributed by atoms with Gasteiger partial charge in [-0.05, 0) is 60.2 Å². The van der Waals surface area contributed by atoms with Crippen LogP contribution < -0.4 is 5.32 Å². The monoisotopic (exact) mass is 347 g/mol. The number of fused-ring (bicyclic) bond motifs is 1. The first kappa shape index (κ1) is 14.8. The number of aromatic nitrogens is 2. The number of nitrogens with one attached hydrogen (secondary N) is 1. The lowest BCUT2D eigenvalue weighted by Crippen LogP contribution is -2.26. The van der Waals surface area contributed by atoms with E-state index in [2.05, 4.69) is 69.1 Å². The van der Waals surface area contributed by atoms with Crippen LogP contribution in [-0.2, 0) is 19.5 Å². The molecule has 4 heteroatoms. The lowest BCUT2D eigenvalue weighted by molar-refractivity contribution is 0.446. The van der Waals surface area contributed by atoms with Gasteiger partial charge in [-0.2, -0.15) is 5.10 Å². The Morgan fingerprint density at radius 3 is 3.00 bits per heavy atom. The van der Waals surface area contributed by atoms with Crippen molar-refractivity contribution in [1.82, 2.24) is 15.1 Å². The van der Waals surface area contributed by atoms with E-state index in [-0.39, 0.29) is 0 Å². The lowest BCUT2D eigenvalue weighted by atomic mass is 9.88. The molecule has 0 spiro atoms. The van der Waals surface area contributed by atoms with Crippen LogP contribution in [0.25, 0.3) is 0 Å². The number of hydrogen-bond acceptors (Lipinski definition) is 2. The van der Waals surface area contributed by atoms with Crippen LogP contribution in [0.3, 0.4) is 0 Å². The molecule has 0 saturated heterocycles. The van der Waals surface area contributed by atoms with E-state index in [1.165, 1.54) is 36.1 Å². The smallest absolute Gasteiger partial charge is 0.0739 e. The Kier molecular flexibility index (Phi) is 4.45. The average Bonchev–Trinajstić information content (AvgIpc) is 2.80. The van der Waals surface area contributed by atoms with Crippen LogP contribution in [0.5, 0.6) is 0 Å². The number of nitrogens with zero attached hydrogens (tertiary/aromatic N) is 2. The largest absolute Gasteiger partial charge is 0.304 e. The molecule has 3 nitrogen and oxygen atoms in total. The highest BCUT2D eigenvalue weighted by atomic mass is 79.9. The molecule has 2 aromatic rings. The van der Waals surface area contributed by atoms with Crippen LogP contribution in [-0.4, -0.2) is 9.78 Å². The first-order chi connectivity index (χ1) is 10.2. The van der Waals surface area contributed by atoms with Gasteiger partial charge in [0.1, 0.15) is 0 Å². The van der Waals surface area contributed by atoms with Crippen LogP contribution in [0, 0.1) is 6.92 Å². The SMILES string of the molecule is CCn1nc(C)c(Br)c1CNC1CCCc2ccccc21. The second kappa shape index (κ2) is 6.32. The second-order valence-corrected chi connectivity index (χ2v) is 6.48. The summed E-state index contributed by atoms with van der Waals surface area (Å²) in [5, 5.41) is 8.30. The topological polar surface area (TPSA) is 29.9 Å². The maximum Gasteiger partial charge on any atom is 0.0739 e. The highest BCUT2D eigenvalue weighted by Gasteiger charge is 2.20. The van der Waals surface area contributed by atoms with Gasteiger partial charge in [-0.1, -0.05) is 24.3 Å². The molecule has 0 bridgehead atoms. The van der Waals surface area contributed by atoms with E-state index in [4.69, 9.17) is 0 Å². The third-order valence-corrected chi connectivity index (χ3v) is 5.37. The van der Waals surface area contributed by atoms with Crippen LogP contribution >= 0.6 is 15.9 Å². The van der Waals surface area contributed by atoms with Gasteiger partial charge in [0.15, 0.2) is 0 Å². The number of halogens is 1. The molecule has 1 aromatic carbocycles. The van der Waals surface area contributed by atoms with Gasteiger partial charge in [0.05, 0.1) is 15.9 Å². The zero-order valence-corrected chi connectivity index (χ0v) is 14.3. The van der Waals surface area contributed by atoms with Gasteiger partial charge < -0.3 is 5.32 Å². The molecule has 1 aliphatic carbocycles. The zero-order valence-electron chi connectivity index (χ0n) is 12.7. The molecule has 1 heterocycles. The number of hydrogen-bond donors (Lipinski definition) is 1. The van der Waals surface area contributed by atoms with Crippen molar-refractivity contribution in [2.75, 3.05) is 0 Å². The predicted octanol–water partition coefficient (Wildman–Crippen LogP) is 4.14. The molecule has 1 aromatic heterocycles. The molecular formula is C17H22BrN3. The molecular weight excluding hydrogens is 326 g/mol. The van der Waals surface area contributed by atoms with Crippen molar-refractivity contribution in [1.29, 1.82) is 0 Å². The quantitative estimate of drug-likeness (QED) is 0.900. The third-order valence-electron chi connectivity index (χ3n) is 4.34. The van der Waals surface area contributed by atoms with Gasteiger partial charge in [-0.3, -0.25) is 4.68 Å². The standard InChI is InChI=1S/C17H22BrN3/c1-3-21-16(17(18)12(2)20-21)11-19-15-10-6-8-13-7-4-5-9-14(13)15/h4-5,7,9,15,19H,3,6,8,10-11H2,1-2H3. The molecule has 1 N–H and O–H groups in total. The van der Waals surface area contributed by atoms with Gasteiger partial charge in [-0.25, -0.2) is 0 Å². The first-order valence-electron chi connectivity index (χ1n) is 7.73. The van der Waals surface area contributed by atoms with Crippen molar-refractivity contribution in [3.05, 3.63) is 51.3 Å². The van der Waals surface area contributed by atoms with Gasteiger partial charge in [0, 0.05) is 19.1 Å². The van der Waals surface area contributed by atoms with Crippen LogP contribution in [0.15, 0.2) is 28.7 Å². The Labute approximate surface area is 134 Å². The van der Waals surface area contributed by atoms with E-state index < -0.39 is 0 Å². The molecule has 1 aliphatic rings. The summed E-state index contributed by atoms with van der Waals surface area (Å²) in [7, 11) is 0. The summed E-state index contributed by atoms with van der Waals surface area (Å²) in [6.45, 7) is 5.95. The molecule has 3 rings (SSSR count). The summed E-state index contributed by atoms with van der Waals surface area (Å²) < 4.78 is 3.22. The van der Waals surface area contributed by atoms with Crippen molar-refractivity contribution in [3.8, 4) is 0 Å². The normalized spacial score (nSPS) is 17.8. The number of aryl methyl sites for hydroxylation is 3. The maximum absolute atomic E-state index is 4.57. The minimum absolute atomic E-state index is 0.461. The second-order valence-electron chi connectivity index (χ2n) is 5.69. The minimum atomic E-state index is 0.461. The molecule has 0 aliphatic heterocycles. The highest BCUT2D eigenvalue weighted by molar-refractivity contribution is 9.10. The Balaban J connectivity index is 1.77. The molecule has 0 radical (unpaired) electrons. The highest BCUT2D eigenvalue weighted by Crippen LogP contribution is 2.30. The van der Waals surface area contributed by atoms with Crippen molar-refractivity contribution in [3.63, 3.8) is 0 Å². The zero-order chi connectivity index (χ0) is 14.8. The maximum atomic E-state index is 4.57. The lowest BCUT2D eigenvalue weighted by Gasteiger charge is -2.26. The van der Waals surface area contributed by atoms with Crippen LogP contribution in [0.4, 0.5) is 0 Å². The van der Waals surface area contributed by atoms with Gasteiger partial charge in [-0.15, -0.1) is 0 Å². The van der Waals surface area contributed by atoms with Crippen molar-refractivity contribution in [2.24, 2.45) is 0 Å². The molecule has 112 valence electrons. The van der Waals surface area contributed by atoms with Crippen molar-refractivity contribution >= 4 is 15.9 Å². The Morgan fingerprint density at radius 2 is 2.19 bits per heavy atom. The van der Waals surface area contributed by atoms with Crippen LogP contribution in [0.1, 0.15) is 48.3 Å². The van der Waals surface area contributed by atoms with Crippen LogP contribution in [0.2, 0.25) is 0 Å². The number of rotatable bonds is 4. The molecule has 0 amide bonds. The van der Waals surface area contributed by atoms with E-state index in [0.717, 1.165) is 23.3 Å². The summed E-state index contributed by atoms with van der Waals surface area (Å²) >= 11 is 3.68. The van der Waals surface area contributed by atoms with Gasteiger partial charge >= 0.3 is 0 Å². The van der Waals surface area contributed by atoms with E-state index in [9.17, 15) is 0 Å². The molecule has 1 atom stereocenters. The number of benzene rings is 1. The van der Waals surface area contributed by atoms with Crippen molar-refractivity contribution in [2.45, 2.75) is 52.2 Å². The van der Waals surface area contributed by atoms with E-state index in [0.29, 0.717) is 6.04 Å². The summed E-state index contributed by atoms with van der Waals surface area (Å²) in [4.78, 5) is 0. The predicted molar refractivity (Wildman–Crippen MR) is 89.3 cm³/mol. The molecule has 0 saturated carbocycles. The van der Waals surface area contributed by atoms with Gasteiger partial charge in [0.2, 0.25) is 0 Å². The fourth-order valence-corrected chi connectivity index (χ4v) is 3.65. The molecule has 1 unspecified atom stereocenters. The molecule has 21 heavy (non-hydrogen) atoms. The minimum Gasteiger partial charge on any atom is -0.304 e. The first-order valence-corrected chi connectivity index (χ1v) is 8.53. The summed E-state index contributed by atoms with van der Waals surface area (Å²) in [6, 6.07) is 9.29.